The third kappa shape index (κ3) is 66.6. The van der Waals surface area contributed by atoms with Crippen LogP contribution in [0.2, 0.25) is 0 Å². The Hall–Kier alpha value is -2.11. The van der Waals surface area contributed by atoms with Gasteiger partial charge in [-0.3, -0.25) is 14.4 Å². The summed E-state index contributed by atoms with van der Waals surface area (Å²) < 4.78 is 17.0. The second-order valence-corrected chi connectivity index (χ2v) is 24.5. The maximum atomic E-state index is 12.9. The van der Waals surface area contributed by atoms with E-state index in [2.05, 4.69) is 45.1 Å². The van der Waals surface area contributed by atoms with Crippen molar-refractivity contribution in [2.75, 3.05) is 13.2 Å². The molecule has 0 heterocycles. The minimum absolute atomic E-state index is 0.0694. The van der Waals surface area contributed by atoms with Crippen LogP contribution in [0.5, 0.6) is 0 Å². The molecular formula is C73H138O6. The summed E-state index contributed by atoms with van der Waals surface area (Å²) >= 11 is 0. The molecule has 1 atom stereocenters. The summed E-state index contributed by atoms with van der Waals surface area (Å²) in [5.41, 5.74) is 0. The number of hydrogen-bond donors (Lipinski definition) is 0. The Morgan fingerprint density at radius 3 is 0.734 bits per heavy atom. The topological polar surface area (TPSA) is 78.9 Å². The molecule has 6 nitrogen and oxygen atoms in total. The van der Waals surface area contributed by atoms with Crippen LogP contribution in [-0.2, 0) is 28.6 Å². The monoisotopic (exact) mass is 1110 g/mol. The van der Waals surface area contributed by atoms with Crippen LogP contribution in [0.4, 0.5) is 0 Å². The molecule has 0 saturated carbocycles. The zero-order valence-electron chi connectivity index (χ0n) is 53.7. The Kier molecular flexibility index (Phi) is 66.6. The van der Waals surface area contributed by atoms with Gasteiger partial charge in [-0.1, -0.05) is 366 Å². The Bertz CT molecular complexity index is 1270. The highest BCUT2D eigenvalue weighted by molar-refractivity contribution is 5.71. The minimum atomic E-state index is -0.773. The third-order valence-corrected chi connectivity index (χ3v) is 16.5. The maximum Gasteiger partial charge on any atom is 0.306 e. The average Bonchev–Trinajstić information content (AvgIpc) is 3.45. The lowest BCUT2D eigenvalue weighted by molar-refractivity contribution is -0.167. The van der Waals surface area contributed by atoms with E-state index >= 15 is 0 Å². The summed E-state index contributed by atoms with van der Waals surface area (Å²) in [5.74, 6) is -0.853. The predicted octanol–water partition coefficient (Wildman–Crippen LogP) is 24.6. The number of carbonyl (C=O) groups is 3. The van der Waals surface area contributed by atoms with Gasteiger partial charge in [0.2, 0.25) is 0 Å². The number of unbranched alkanes of at least 4 members (excludes halogenated alkanes) is 52. The highest BCUT2D eigenvalue weighted by Gasteiger charge is 2.19. The highest BCUT2D eigenvalue weighted by atomic mass is 16.6. The lowest BCUT2D eigenvalue weighted by Gasteiger charge is -2.18. The van der Waals surface area contributed by atoms with Crippen molar-refractivity contribution in [3.05, 3.63) is 24.3 Å². The first-order valence-corrected chi connectivity index (χ1v) is 35.8. The first-order chi connectivity index (χ1) is 39.0. The molecule has 6 heteroatoms. The quantitative estimate of drug-likeness (QED) is 0.0261. The van der Waals surface area contributed by atoms with Crippen LogP contribution in [0.25, 0.3) is 0 Å². The zero-order valence-corrected chi connectivity index (χ0v) is 53.7. The smallest absolute Gasteiger partial charge is 0.306 e. The maximum absolute atomic E-state index is 12.9. The van der Waals surface area contributed by atoms with E-state index in [1.807, 2.05) is 0 Å². The van der Waals surface area contributed by atoms with Crippen LogP contribution in [-0.4, -0.2) is 37.2 Å². The van der Waals surface area contributed by atoms with Gasteiger partial charge in [-0.15, -0.1) is 0 Å². The number of allylic oxidation sites excluding steroid dienone is 4. The van der Waals surface area contributed by atoms with Crippen molar-refractivity contribution in [1.82, 2.24) is 0 Å². The predicted molar refractivity (Wildman–Crippen MR) is 344 cm³/mol. The van der Waals surface area contributed by atoms with Gasteiger partial charge >= 0.3 is 17.9 Å². The third-order valence-electron chi connectivity index (χ3n) is 16.5. The molecule has 0 rings (SSSR count). The molecule has 0 spiro atoms. The van der Waals surface area contributed by atoms with Gasteiger partial charge in [0.05, 0.1) is 0 Å². The summed E-state index contributed by atoms with van der Waals surface area (Å²) in [6.07, 6.45) is 83.7. The van der Waals surface area contributed by atoms with E-state index in [0.29, 0.717) is 19.3 Å². The molecule has 466 valence electrons. The van der Waals surface area contributed by atoms with Crippen LogP contribution in [0, 0.1) is 0 Å². The Balaban J connectivity index is 4.12. The number of ether oxygens (including phenoxy) is 3. The molecule has 0 aromatic heterocycles. The van der Waals surface area contributed by atoms with Crippen LogP contribution in [0.15, 0.2) is 24.3 Å². The molecule has 1 unspecified atom stereocenters. The van der Waals surface area contributed by atoms with Gasteiger partial charge in [0.15, 0.2) is 6.10 Å². The molecule has 0 aliphatic heterocycles. The Labute approximate surface area is 493 Å². The summed E-state index contributed by atoms with van der Waals surface area (Å²) in [5, 5.41) is 0. The molecule has 0 aliphatic rings. The SMILES string of the molecule is CCCC/C=C\C/C=C\CCCCCCCC(=O)OCC(COC(=O)CCCCCCCCCCCCCCCCCCCCCCCCCCCCCCCCC)OC(=O)CCCCCCCCCCCCCCCCCC. The summed E-state index contributed by atoms with van der Waals surface area (Å²) in [6, 6.07) is 0. The fourth-order valence-corrected chi connectivity index (χ4v) is 11.1. The van der Waals surface area contributed by atoms with Crippen molar-refractivity contribution < 1.29 is 28.6 Å². The van der Waals surface area contributed by atoms with Crippen LogP contribution in [0.3, 0.4) is 0 Å². The van der Waals surface area contributed by atoms with Crippen molar-refractivity contribution in [2.24, 2.45) is 0 Å². The summed E-state index contributed by atoms with van der Waals surface area (Å²) in [6.45, 7) is 6.67. The minimum Gasteiger partial charge on any atom is -0.462 e. The molecule has 0 aromatic rings. The van der Waals surface area contributed by atoms with E-state index in [4.69, 9.17) is 14.2 Å². The number of esters is 3. The van der Waals surface area contributed by atoms with E-state index in [1.54, 1.807) is 0 Å². The van der Waals surface area contributed by atoms with Gasteiger partial charge in [-0.2, -0.15) is 0 Å². The van der Waals surface area contributed by atoms with Crippen molar-refractivity contribution >= 4 is 17.9 Å². The molecule has 0 radical (unpaired) electrons. The molecule has 0 N–H and O–H groups in total. The van der Waals surface area contributed by atoms with E-state index in [9.17, 15) is 14.4 Å². The van der Waals surface area contributed by atoms with Gasteiger partial charge in [-0.25, -0.2) is 0 Å². The van der Waals surface area contributed by atoms with E-state index < -0.39 is 6.10 Å². The average molecular weight is 1110 g/mol. The molecule has 0 bridgehead atoms. The number of rotatable bonds is 67. The molecule has 0 amide bonds. The van der Waals surface area contributed by atoms with E-state index in [1.165, 1.54) is 289 Å². The lowest BCUT2D eigenvalue weighted by Crippen LogP contribution is -2.30. The first-order valence-electron chi connectivity index (χ1n) is 35.8. The molecule has 0 fully saturated rings. The Morgan fingerprint density at radius 2 is 0.468 bits per heavy atom. The molecule has 0 saturated heterocycles. The van der Waals surface area contributed by atoms with Gasteiger partial charge < -0.3 is 14.2 Å². The molecule has 0 aromatic carbocycles. The van der Waals surface area contributed by atoms with Crippen LogP contribution in [0.1, 0.15) is 406 Å². The van der Waals surface area contributed by atoms with Gasteiger partial charge in [0.1, 0.15) is 13.2 Å². The van der Waals surface area contributed by atoms with Gasteiger partial charge in [0.25, 0.3) is 0 Å². The van der Waals surface area contributed by atoms with E-state index in [-0.39, 0.29) is 31.1 Å². The number of hydrogen-bond acceptors (Lipinski definition) is 6. The normalized spacial score (nSPS) is 12.1. The molecule has 79 heavy (non-hydrogen) atoms. The zero-order chi connectivity index (χ0) is 57.1. The largest absolute Gasteiger partial charge is 0.462 e. The van der Waals surface area contributed by atoms with Gasteiger partial charge in [0, 0.05) is 19.3 Å². The lowest BCUT2D eigenvalue weighted by atomic mass is 10.0. The highest BCUT2D eigenvalue weighted by Crippen LogP contribution is 2.19. The standard InChI is InChI=1S/C73H138O6/c1-4-7-10-13-16-19-22-25-28-30-31-32-33-34-35-36-37-38-39-40-41-42-43-44-46-48-51-54-57-60-63-66-72(75)78-69-70(68-77-71(74)65-62-59-56-53-50-47-27-24-21-18-15-12-9-6-3)79-73(76)67-64-61-58-55-52-49-45-29-26-23-20-17-14-11-8-5-2/h15,18,24,27,70H,4-14,16-17,19-23,25-26,28-69H2,1-3H3/b18-15-,27-24-. The van der Waals surface area contributed by atoms with Crippen molar-refractivity contribution in [1.29, 1.82) is 0 Å². The molecular weight excluding hydrogens is 973 g/mol. The molecule has 0 aliphatic carbocycles. The van der Waals surface area contributed by atoms with Crippen molar-refractivity contribution in [3.8, 4) is 0 Å². The van der Waals surface area contributed by atoms with Gasteiger partial charge in [-0.05, 0) is 44.9 Å². The van der Waals surface area contributed by atoms with E-state index in [0.717, 1.165) is 77.0 Å². The summed E-state index contributed by atoms with van der Waals surface area (Å²) in [4.78, 5) is 38.4. The fraction of sp³-hybridized carbons (Fsp3) is 0.904. The van der Waals surface area contributed by atoms with Crippen LogP contribution < -0.4 is 0 Å². The van der Waals surface area contributed by atoms with Crippen LogP contribution >= 0.6 is 0 Å². The fourth-order valence-electron chi connectivity index (χ4n) is 11.1. The second kappa shape index (κ2) is 68.4. The first kappa shape index (κ1) is 76.9. The van der Waals surface area contributed by atoms with Crippen molar-refractivity contribution in [2.45, 2.75) is 412 Å². The summed E-state index contributed by atoms with van der Waals surface area (Å²) in [7, 11) is 0. The second-order valence-electron chi connectivity index (χ2n) is 24.5. The Morgan fingerprint density at radius 1 is 0.253 bits per heavy atom. The number of carbonyl (C=O) groups excluding carboxylic acids is 3. The van der Waals surface area contributed by atoms with Crippen molar-refractivity contribution in [3.63, 3.8) is 0 Å².